The fourth-order valence-electron chi connectivity index (χ4n) is 3.45. The highest BCUT2D eigenvalue weighted by Crippen LogP contribution is 2.21. The van der Waals surface area contributed by atoms with Crippen LogP contribution in [0, 0.1) is 11.6 Å². The molecule has 1 aromatic rings. The largest absolute Gasteiger partial charge is 0.315 e. The SMILES string of the molecule is CNC(Cc1cc(F)cc(F)c1)C1CN2CCN1CC2. The van der Waals surface area contributed by atoms with Crippen LogP contribution >= 0.6 is 0 Å². The topological polar surface area (TPSA) is 18.5 Å². The lowest BCUT2D eigenvalue weighted by molar-refractivity contribution is -0.00203. The van der Waals surface area contributed by atoms with Crippen molar-refractivity contribution in [3.8, 4) is 0 Å². The van der Waals surface area contributed by atoms with Crippen molar-refractivity contribution < 1.29 is 8.78 Å². The number of rotatable bonds is 4. The molecule has 110 valence electrons. The first-order chi connectivity index (χ1) is 9.65. The molecule has 1 N–H and O–H groups in total. The van der Waals surface area contributed by atoms with Crippen molar-refractivity contribution in [1.82, 2.24) is 15.1 Å². The summed E-state index contributed by atoms with van der Waals surface area (Å²) in [5.41, 5.74) is 0.722. The van der Waals surface area contributed by atoms with Crippen molar-refractivity contribution in [2.45, 2.75) is 18.5 Å². The Hall–Kier alpha value is -1.04. The fraction of sp³-hybridized carbons (Fsp3) is 0.600. The van der Waals surface area contributed by atoms with Crippen LogP contribution in [0.4, 0.5) is 8.78 Å². The first-order valence-electron chi connectivity index (χ1n) is 7.24. The molecule has 2 bridgehead atoms. The van der Waals surface area contributed by atoms with Gasteiger partial charge in [0.15, 0.2) is 0 Å². The number of nitrogens with zero attached hydrogens (tertiary/aromatic N) is 2. The molecule has 1 aromatic carbocycles. The van der Waals surface area contributed by atoms with Gasteiger partial charge in [0, 0.05) is 50.9 Å². The molecule has 3 fully saturated rings. The summed E-state index contributed by atoms with van der Waals surface area (Å²) in [7, 11) is 1.93. The minimum Gasteiger partial charge on any atom is -0.315 e. The van der Waals surface area contributed by atoms with Crippen molar-refractivity contribution >= 4 is 0 Å². The second kappa shape index (κ2) is 5.76. The Bertz CT molecular complexity index is 452. The molecule has 0 saturated carbocycles. The average Bonchev–Trinajstić information content (AvgIpc) is 2.45. The van der Waals surface area contributed by atoms with Gasteiger partial charge < -0.3 is 5.32 Å². The molecule has 0 radical (unpaired) electrons. The van der Waals surface area contributed by atoms with Gasteiger partial charge in [-0.3, -0.25) is 9.80 Å². The van der Waals surface area contributed by atoms with Crippen LogP contribution in [0.1, 0.15) is 5.56 Å². The lowest BCUT2D eigenvalue weighted by Gasteiger charge is -2.50. The maximum atomic E-state index is 13.3. The molecule has 2 atom stereocenters. The zero-order valence-corrected chi connectivity index (χ0v) is 11.8. The highest BCUT2D eigenvalue weighted by atomic mass is 19.1. The predicted octanol–water partition coefficient (Wildman–Crippen LogP) is 1.10. The molecule has 2 unspecified atom stereocenters. The summed E-state index contributed by atoms with van der Waals surface area (Å²) in [6.07, 6.45) is 0.653. The van der Waals surface area contributed by atoms with E-state index in [0.717, 1.165) is 44.4 Å². The van der Waals surface area contributed by atoms with Crippen LogP contribution in [0.5, 0.6) is 0 Å². The maximum absolute atomic E-state index is 13.3. The molecule has 3 saturated heterocycles. The third-order valence-electron chi connectivity index (χ3n) is 4.53. The molecule has 0 aromatic heterocycles. The molecular weight excluding hydrogens is 260 g/mol. The first kappa shape index (κ1) is 13.9. The fourth-order valence-corrected chi connectivity index (χ4v) is 3.45. The van der Waals surface area contributed by atoms with E-state index in [1.165, 1.54) is 12.1 Å². The van der Waals surface area contributed by atoms with Crippen LogP contribution in [0.15, 0.2) is 18.2 Å². The number of nitrogens with one attached hydrogen (secondary N) is 1. The highest BCUT2D eigenvalue weighted by molar-refractivity contribution is 5.19. The molecule has 3 aliphatic heterocycles. The summed E-state index contributed by atoms with van der Waals surface area (Å²) >= 11 is 0. The minimum atomic E-state index is -0.496. The van der Waals surface area contributed by atoms with Gasteiger partial charge in [0.1, 0.15) is 11.6 Å². The van der Waals surface area contributed by atoms with E-state index < -0.39 is 11.6 Å². The molecule has 3 nitrogen and oxygen atoms in total. The second-order valence-electron chi connectivity index (χ2n) is 5.78. The number of hydrogen-bond acceptors (Lipinski definition) is 3. The van der Waals surface area contributed by atoms with Crippen LogP contribution in [0.2, 0.25) is 0 Å². The summed E-state index contributed by atoms with van der Waals surface area (Å²) in [5, 5.41) is 3.33. The van der Waals surface area contributed by atoms with Gasteiger partial charge in [-0.1, -0.05) is 0 Å². The zero-order chi connectivity index (χ0) is 14.1. The second-order valence-corrected chi connectivity index (χ2v) is 5.78. The van der Waals surface area contributed by atoms with E-state index in [9.17, 15) is 8.78 Å². The summed E-state index contributed by atoms with van der Waals surface area (Å²) in [6.45, 7) is 5.52. The summed E-state index contributed by atoms with van der Waals surface area (Å²) in [4.78, 5) is 4.97. The lowest BCUT2D eigenvalue weighted by Crippen LogP contribution is -2.66. The van der Waals surface area contributed by atoms with Crippen LogP contribution in [-0.2, 0) is 6.42 Å². The molecule has 4 rings (SSSR count). The minimum absolute atomic E-state index is 0.222. The predicted molar refractivity (Wildman–Crippen MR) is 74.7 cm³/mol. The number of hydrogen-bond donors (Lipinski definition) is 1. The van der Waals surface area contributed by atoms with E-state index in [1.54, 1.807) is 0 Å². The quantitative estimate of drug-likeness (QED) is 0.891. The van der Waals surface area contributed by atoms with Crippen LogP contribution in [0.3, 0.4) is 0 Å². The summed E-state index contributed by atoms with van der Waals surface area (Å²) in [5.74, 6) is -0.992. The maximum Gasteiger partial charge on any atom is 0.126 e. The average molecular weight is 281 g/mol. The summed E-state index contributed by atoms with van der Waals surface area (Å²) in [6, 6.07) is 4.44. The Morgan fingerprint density at radius 2 is 1.80 bits per heavy atom. The number of halogens is 2. The third kappa shape index (κ3) is 2.85. The van der Waals surface area contributed by atoms with Crippen molar-refractivity contribution in [1.29, 1.82) is 0 Å². The van der Waals surface area contributed by atoms with Crippen molar-refractivity contribution in [2.24, 2.45) is 0 Å². The molecule has 3 aliphatic rings. The van der Waals surface area contributed by atoms with Crippen molar-refractivity contribution in [2.75, 3.05) is 39.8 Å². The monoisotopic (exact) mass is 281 g/mol. The van der Waals surface area contributed by atoms with Gasteiger partial charge >= 0.3 is 0 Å². The Labute approximate surface area is 118 Å². The summed E-state index contributed by atoms with van der Waals surface area (Å²) < 4.78 is 26.6. The zero-order valence-electron chi connectivity index (χ0n) is 11.8. The number of likely N-dealkylation sites (N-methyl/N-ethyl adjacent to an activating group) is 1. The molecule has 0 amide bonds. The van der Waals surface area contributed by atoms with Crippen molar-refractivity contribution in [3.63, 3.8) is 0 Å². The van der Waals surface area contributed by atoms with Gasteiger partial charge in [0.05, 0.1) is 0 Å². The van der Waals surface area contributed by atoms with E-state index in [-0.39, 0.29) is 6.04 Å². The van der Waals surface area contributed by atoms with Gasteiger partial charge in [0.25, 0.3) is 0 Å². The molecule has 20 heavy (non-hydrogen) atoms. The third-order valence-corrected chi connectivity index (χ3v) is 4.53. The van der Waals surface area contributed by atoms with Crippen molar-refractivity contribution in [3.05, 3.63) is 35.4 Å². The normalized spacial score (nSPS) is 30.4. The molecule has 3 heterocycles. The Morgan fingerprint density at radius 1 is 1.15 bits per heavy atom. The van der Waals surface area contributed by atoms with Gasteiger partial charge in [-0.15, -0.1) is 0 Å². The molecular formula is C15H21F2N3. The van der Waals surface area contributed by atoms with Gasteiger partial charge in [-0.25, -0.2) is 8.78 Å². The Morgan fingerprint density at radius 3 is 2.30 bits per heavy atom. The first-order valence-corrected chi connectivity index (χ1v) is 7.24. The Kier molecular flexibility index (Phi) is 4.01. The number of piperazine rings is 3. The molecule has 0 aliphatic carbocycles. The molecule has 0 spiro atoms. The van der Waals surface area contributed by atoms with E-state index in [1.807, 2.05) is 7.05 Å². The van der Waals surface area contributed by atoms with E-state index in [2.05, 4.69) is 15.1 Å². The van der Waals surface area contributed by atoms with Crippen LogP contribution in [0.25, 0.3) is 0 Å². The van der Waals surface area contributed by atoms with E-state index >= 15 is 0 Å². The van der Waals surface area contributed by atoms with Gasteiger partial charge in [0.2, 0.25) is 0 Å². The van der Waals surface area contributed by atoms with Crippen LogP contribution < -0.4 is 5.32 Å². The lowest BCUT2D eigenvalue weighted by atomic mass is 9.94. The van der Waals surface area contributed by atoms with Gasteiger partial charge in [-0.2, -0.15) is 0 Å². The number of benzene rings is 1. The molecule has 5 heteroatoms. The van der Waals surface area contributed by atoms with E-state index in [0.29, 0.717) is 12.5 Å². The Balaban J connectivity index is 1.73. The number of fused-ring (bicyclic) bond motifs is 3. The smallest absolute Gasteiger partial charge is 0.126 e. The van der Waals surface area contributed by atoms with Crippen LogP contribution in [-0.4, -0.2) is 61.7 Å². The standard InChI is InChI=1S/C15H21F2N3/c1-18-14(8-11-6-12(16)9-13(17)7-11)15-10-19-2-4-20(15)5-3-19/h6-7,9,14-15,18H,2-5,8,10H2,1H3. The van der Waals surface area contributed by atoms with Gasteiger partial charge in [-0.05, 0) is 31.2 Å². The van der Waals surface area contributed by atoms with E-state index in [4.69, 9.17) is 0 Å². The highest BCUT2D eigenvalue weighted by Gasteiger charge is 2.36.